The molecular formula is C28H32BrNO5S. The Balaban J connectivity index is 1.74. The quantitative estimate of drug-likeness (QED) is 0.251. The second-order valence-corrected chi connectivity index (χ2v) is 11.9. The number of carbonyl (C=O) groups is 1. The van der Waals surface area contributed by atoms with Crippen LogP contribution in [0.25, 0.3) is 0 Å². The van der Waals surface area contributed by atoms with Gasteiger partial charge in [0.25, 0.3) is 10.0 Å². The maximum Gasteiger partial charge on any atom is 0.270 e. The van der Waals surface area contributed by atoms with Crippen molar-refractivity contribution in [2.75, 3.05) is 17.5 Å². The molecule has 0 heterocycles. The lowest BCUT2D eigenvalue weighted by Gasteiger charge is -2.23. The molecule has 0 saturated heterocycles. The molecule has 6 nitrogen and oxygen atoms in total. The molecule has 0 fully saturated rings. The smallest absolute Gasteiger partial charge is 0.270 e. The highest BCUT2D eigenvalue weighted by molar-refractivity contribution is 9.10. The lowest BCUT2D eigenvalue weighted by atomic mass is 9.87. The molecule has 0 unspecified atom stereocenters. The molecular weight excluding hydrogens is 542 g/mol. The minimum atomic E-state index is -4.10. The molecule has 192 valence electrons. The van der Waals surface area contributed by atoms with Crippen LogP contribution in [-0.2, 0) is 20.2 Å². The fourth-order valence-corrected chi connectivity index (χ4v) is 5.51. The van der Waals surface area contributed by atoms with E-state index in [1.165, 1.54) is 17.7 Å². The minimum Gasteiger partial charge on any atom is -0.494 e. The first kappa shape index (κ1) is 27.7. The zero-order valence-corrected chi connectivity index (χ0v) is 23.4. The number of benzene rings is 3. The van der Waals surface area contributed by atoms with Gasteiger partial charge in [-0.1, -0.05) is 45.0 Å². The van der Waals surface area contributed by atoms with Gasteiger partial charge in [-0.05, 0) is 88.8 Å². The molecule has 0 aliphatic carbocycles. The van der Waals surface area contributed by atoms with E-state index in [1.54, 1.807) is 42.5 Å². The summed E-state index contributed by atoms with van der Waals surface area (Å²) in [5, 5.41) is 0. The largest absolute Gasteiger partial charge is 0.494 e. The standard InChI is InChI=1S/C28H32BrNO5S/c1-5-34-23-16-14-22(15-17-23)30(36(32,33)24-10-7-6-8-11-24)27(31)12-9-19-35-26-18-13-21(20-25(26)29)28(2,3)4/h6-8,10-11,13-18,20H,5,9,12,19H2,1-4H3. The van der Waals surface area contributed by atoms with E-state index >= 15 is 0 Å². The van der Waals surface area contributed by atoms with Gasteiger partial charge in [0.1, 0.15) is 11.5 Å². The monoisotopic (exact) mass is 573 g/mol. The third-order valence-electron chi connectivity index (χ3n) is 5.48. The van der Waals surface area contributed by atoms with Crippen LogP contribution in [-0.4, -0.2) is 27.5 Å². The molecule has 0 aliphatic rings. The fourth-order valence-electron chi connectivity index (χ4n) is 3.55. The van der Waals surface area contributed by atoms with E-state index in [9.17, 15) is 13.2 Å². The van der Waals surface area contributed by atoms with Crippen molar-refractivity contribution in [3.05, 3.63) is 82.8 Å². The van der Waals surface area contributed by atoms with Crippen molar-refractivity contribution < 1.29 is 22.7 Å². The van der Waals surface area contributed by atoms with Gasteiger partial charge in [0.15, 0.2) is 0 Å². The van der Waals surface area contributed by atoms with Crippen LogP contribution in [0.3, 0.4) is 0 Å². The Morgan fingerprint density at radius 3 is 2.19 bits per heavy atom. The number of hydrogen-bond acceptors (Lipinski definition) is 5. The first-order valence-corrected chi connectivity index (χ1v) is 14.1. The zero-order chi connectivity index (χ0) is 26.3. The van der Waals surface area contributed by atoms with E-state index in [0.717, 1.165) is 8.78 Å². The molecule has 0 N–H and O–H groups in total. The van der Waals surface area contributed by atoms with Gasteiger partial charge in [0, 0.05) is 6.42 Å². The minimum absolute atomic E-state index is 0.00301. The highest BCUT2D eigenvalue weighted by atomic mass is 79.9. The first-order valence-electron chi connectivity index (χ1n) is 11.8. The van der Waals surface area contributed by atoms with Gasteiger partial charge >= 0.3 is 0 Å². The van der Waals surface area contributed by atoms with Crippen molar-refractivity contribution >= 4 is 37.5 Å². The summed E-state index contributed by atoms with van der Waals surface area (Å²) in [4.78, 5) is 13.3. The Morgan fingerprint density at radius 2 is 1.61 bits per heavy atom. The topological polar surface area (TPSA) is 72.9 Å². The molecule has 8 heteroatoms. The summed E-state index contributed by atoms with van der Waals surface area (Å²) in [6.07, 6.45) is 0.348. The maximum atomic E-state index is 13.4. The van der Waals surface area contributed by atoms with Crippen molar-refractivity contribution in [2.45, 2.75) is 50.8 Å². The summed E-state index contributed by atoms with van der Waals surface area (Å²) < 4.78 is 39.9. The molecule has 1 amide bonds. The molecule has 0 radical (unpaired) electrons. The van der Waals surface area contributed by atoms with Crippen LogP contribution in [0.5, 0.6) is 11.5 Å². The molecule has 0 aliphatic heterocycles. The molecule has 36 heavy (non-hydrogen) atoms. The second-order valence-electron chi connectivity index (χ2n) is 9.25. The first-order chi connectivity index (χ1) is 17.0. The zero-order valence-electron chi connectivity index (χ0n) is 21.0. The highest BCUT2D eigenvalue weighted by Gasteiger charge is 2.30. The van der Waals surface area contributed by atoms with E-state index < -0.39 is 15.9 Å². The van der Waals surface area contributed by atoms with Crippen LogP contribution in [0.15, 0.2) is 82.2 Å². The molecule has 3 aromatic carbocycles. The van der Waals surface area contributed by atoms with Crippen LogP contribution >= 0.6 is 15.9 Å². The van der Waals surface area contributed by atoms with Crippen LogP contribution in [0.2, 0.25) is 0 Å². The number of nitrogens with zero attached hydrogens (tertiary/aromatic N) is 1. The average molecular weight is 575 g/mol. The summed E-state index contributed by atoms with van der Waals surface area (Å²) in [6.45, 7) is 9.03. The Labute approximate surface area is 222 Å². The lowest BCUT2D eigenvalue weighted by molar-refractivity contribution is -0.117. The van der Waals surface area contributed by atoms with E-state index in [1.807, 2.05) is 25.1 Å². The normalized spacial score (nSPS) is 11.7. The van der Waals surface area contributed by atoms with Gasteiger partial charge in [0.05, 0.1) is 28.3 Å². The van der Waals surface area contributed by atoms with Gasteiger partial charge in [-0.25, -0.2) is 12.7 Å². The van der Waals surface area contributed by atoms with Crippen molar-refractivity contribution in [2.24, 2.45) is 0 Å². The average Bonchev–Trinajstić information content (AvgIpc) is 2.84. The molecule has 0 aromatic heterocycles. The SMILES string of the molecule is CCOc1ccc(N(C(=O)CCCOc2ccc(C(C)(C)C)cc2Br)S(=O)(=O)c2ccccc2)cc1. The van der Waals surface area contributed by atoms with Gasteiger partial charge < -0.3 is 9.47 Å². The molecule has 0 atom stereocenters. The number of carbonyl (C=O) groups excluding carboxylic acids is 1. The fraction of sp³-hybridized carbons (Fsp3) is 0.321. The Hall–Kier alpha value is -2.84. The Morgan fingerprint density at radius 1 is 0.944 bits per heavy atom. The number of rotatable bonds is 10. The summed E-state index contributed by atoms with van der Waals surface area (Å²) in [5.41, 5.74) is 1.45. The van der Waals surface area contributed by atoms with Crippen LogP contribution < -0.4 is 13.8 Å². The van der Waals surface area contributed by atoms with Crippen molar-refractivity contribution in [1.29, 1.82) is 0 Å². The van der Waals surface area contributed by atoms with Gasteiger partial charge in [0.2, 0.25) is 5.91 Å². The van der Waals surface area contributed by atoms with Gasteiger partial charge in [-0.2, -0.15) is 0 Å². The van der Waals surface area contributed by atoms with Crippen molar-refractivity contribution in [3.8, 4) is 11.5 Å². The molecule has 0 spiro atoms. The van der Waals surface area contributed by atoms with E-state index in [-0.39, 0.29) is 29.0 Å². The molecule has 3 aromatic rings. The summed E-state index contributed by atoms with van der Waals surface area (Å²) in [7, 11) is -4.10. The van der Waals surface area contributed by atoms with E-state index in [4.69, 9.17) is 9.47 Å². The number of anilines is 1. The predicted octanol–water partition coefficient (Wildman–Crippen LogP) is 6.73. The maximum absolute atomic E-state index is 13.4. The third-order valence-corrected chi connectivity index (χ3v) is 7.86. The highest BCUT2D eigenvalue weighted by Crippen LogP contribution is 2.32. The van der Waals surface area contributed by atoms with Crippen LogP contribution in [0, 0.1) is 0 Å². The lowest BCUT2D eigenvalue weighted by Crippen LogP contribution is -2.37. The number of ether oxygens (including phenoxy) is 2. The van der Waals surface area contributed by atoms with Gasteiger partial charge in [-0.3, -0.25) is 4.79 Å². The van der Waals surface area contributed by atoms with Crippen molar-refractivity contribution in [1.82, 2.24) is 0 Å². The van der Waals surface area contributed by atoms with Crippen LogP contribution in [0.4, 0.5) is 5.69 Å². The molecule has 3 rings (SSSR count). The van der Waals surface area contributed by atoms with Crippen LogP contribution in [0.1, 0.15) is 46.1 Å². The predicted molar refractivity (Wildman–Crippen MR) is 146 cm³/mol. The molecule has 0 bridgehead atoms. The number of hydrogen-bond donors (Lipinski definition) is 0. The Kier molecular flexibility index (Phi) is 9.19. The number of halogens is 1. The number of sulfonamides is 1. The summed E-state index contributed by atoms with van der Waals surface area (Å²) >= 11 is 3.55. The van der Waals surface area contributed by atoms with Gasteiger partial charge in [-0.15, -0.1) is 0 Å². The third kappa shape index (κ3) is 6.89. The number of amides is 1. The second kappa shape index (κ2) is 11.9. The van der Waals surface area contributed by atoms with E-state index in [2.05, 4.69) is 36.7 Å². The Bertz CT molecular complexity index is 1270. The summed E-state index contributed by atoms with van der Waals surface area (Å²) in [6, 6.07) is 20.4. The molecule has 0 saturated carbocycles. The summed E-state index contributed by atoms with van der Waals surface area (Å²) in [5.74, 6) is 0.742. The van der Waals surface area contributed by atoms with E-state index in [0.29, 0.717) is 24.5 Å². The van der Waals surface area contributed by atoms with Crippen molar-refractivity contribution in [3.63, 3.8) is 0 Å².